The molecule has 1 aromatic heterocycles. The molecule has 1 aliphatic rings. The Morgan fingerprint density at radius 1 is 1.62 bits per heavy atom. The summed E-state index contributed by atoms with van der Waals surface area (Å²) >= 11 is 0. The second-order valence-electron chi connectivity index (χ2n) is 3.40. The Morgan fingerprint density at radius 2 is 2.46 bits per heavy atom. The van der Waals surface area contributed by atoms with E-state index >= 15 is 0 Å². The van der Waals surface area contributed by atoms with E-state index in [2.05, 4.69) is 10.3 Å². The third-order valence-electron chi connectivity index (χ3n) is 2.17. The van der Waals surface area contributed by atoms with Crippen LogP contribution in [0.1, 0.15) is 23.2 Å². The quantitative estimate of drug-likeness (QED) is 0.752. The lowest BCUT2D eigenvalue weighted by atomic mass is 10.2. The van der Waals surface area contributed by atoms with Gasteiger partial charge < -0.3 is 5.32 Å². The molecule has 68 valence electrons. The summed E-state index contributed by atoms with van der Waals surface area (Å²) in [5.74, 6) is 0.709. The summed E-state index contributed by atoms with van der Waals surface area (Å²) in [4.78, 5) is 15.3. The van der Waals surface area contributed by atoms with Crippen molar-refractivity contribution in [2.24, 2.45) is 5.92 Å². The maximum Gasteiger partial charge on any atom is 0.252 e. The van der Waals surface area contributed by atoms with Gasteiger partial charge in [0.1, 0.15) is 0 Å². The Balaban J connectivity index is 1.89. The van der Waals surface area contributed by atoms with Gasteiger partial charge in [-0.15, -0.1) is 0 Å². The smallest absolute Gasteiger partial charge is 0.252 e. The monoisotopic (exact) mass is 176 g/mol. The number of rotatable bonds is 3. The van der Waals surface area contributed by atoms with E-state index < -0.39 is 0 Å². The van der Waals surface area contributed by atoms with Gasteiger partial charge in [-0.25, -0.2) is 0 Å². The number of pyridine rings is 1. The average Bonchev–Trinajstić information content (AvgIpc) is 2.99. The molecule has 13 heavy (non-hydrogen) atoms. The van der Waals surface area contributed by atoms with E-state index in [-0.39, 0.29) is 5.91 Å². The summed E-state index contributed by atoms with van der Waals surface area (Å²) in [5, 5.41) is 2.88. The number of carbonyl (C=O) groups is 1. The molecule has 3 nitrogen and oxygen atoms in total. The molecule has 1 N–H and O–H groups in total. The lowest BCUT2D eigenvalue weighted by Crippen LogP contribution is -2.25. The molecule has 0 aliphatic heterocycles. The van der Waals surface area contributed by atoms with Crippen molar-refractivity contribution in [1.82, 2.24) is 10.3 Å². The molecule has 1 aromatic rings. The number of nitrogens with one attached hydrogen (secondary N) is 1. The van der Waals surface area contributed by atoms with Crippen LogP contribution in [0.4, 0.5) is 0 Å². The van der Waals surface area contributed by atoms with E-state index in [1.165, 1.54) is 12.8 Å². The second kappa shape index (κ2) is 3.56. The summed E-state index contributed by atoms with van der Waals surface area (Å²) in [5.41, 5.74) is 0.642. The molecule has 1 fully saturated rings. The summed E-state index contributed by atoms with van der Waals surface area (Å²) in [6.07, 6.45) is 5.76. The first-order valence-corrected chi connectivity index (χ1v) is 4.54. The third kappa shape index (κ3) is 2.28. The predicted octanol–water partition coefficient (Wildman–Crippen LogP) is 1.22. The summed E-state index contributed by atoms with van der Waals surface area (Å²) in [6.45, 7) is 0.813. The van der Waals surface area contributed by atoms with Crippen LogP contribution in [0, 0.1) is 5.92 Å². The molecule has 1 amide bonds. The number of amides is 1. The maximum atomic E-state index is 11.4. The van der Waals surface area contributed by atoms with Crippen LogP contribution in [0.2, 0.25) is 0 Å². The Labute approximate surface area is 77.2 Å². The number of hydrogen-bond acceptors (Lipinski definition) is 2. The van der Waals surface area contributed by atoms with Gasteiger partial charge in [0.15, 0.2) is 0 Å². The second-order valence-corrected chi connectivity index (χ2v) is 3.40. The molecular weight excluding hydrogens is 164 g/mol. The fourth-order valence-electron chi connectivity index (χ4n) is 1.16. The van der Waals surface area contributed by atoms with Gasteiger partial charge in [0.25, 0.3) is 5.91 Å². The van der Waals surface area contributed by atoms with Crippen LogP contribution in [-0.2, 0) is 0 Å². The van der Waals surface area contributed by atoms with E-state index in [0.717, 1.165) is 12.5 Å². The van der Waals surface area contributed by atoms with Gasteiger partial charge in [0, 0.05) is 18.9 Å². The molecule has 0 radical (unpaired) electrons. The Hall–Kier alpha value is -1.38. The van der Waals surface area contributed by atoms with Crippen LogP contribution in [-0.4, -0.2) is 17.4 Å². The van der Waals surface area contributed by atoms with Gasteiger partial charge in [0.2, 0.25) is 0 Å². The lowest BCUT2D eigenvalue weighted by Gasteiger charge is -2.02. The molecule has 1 saturated carbocycles. The molecule has 0 unspecified atom stereocenters. The van der Waals surface area contributed by atoms with Crippen molar-refractivity contribution in [1.29, 1.82) is 0 Å². The number of aromatic nitrogens is 1. The molecule has 0 spiro atoms. The van der Waals surface area contributed by atoms with Crippen LogP contribution in [0.25, 0.3) is 0 Å². The van der Waals surface area contributed by atoms with Gasteiger partial charge in [-0.3, -0.25) is 9.78 Å². The first kappa shape index (κ1) is 8.23. The summed E-state index contributed by atoms with van der Waals surface area (Å²) < 4.78 is 0. The van der Waals surface area contributed by atoms with Gasteiger partial charge in [-0.2, -0.15) is 0 Å². The van der Waals surface area contributed by atoms with Gasteiger partial charge in [-0.05, 0) is 30.9 Å². The van der Waals surface area contributed by atoms with Crippen molar-refractivity contribution >= 4 is 5.91 Å². The van der Waals surface area contributed by atoms with E-state index in [1.807, 2.05) is 0 Å². The summed E-state index contributed by atoms with van der Waals surface area (Å²) in [7, 11) is 0. The highest BCUT2D eigenvalue weighted by atomic mass is 16.1. The van der Waals surface area contributed by atoms with E-state index in [1.54, 1.807) is 24.5 Å². The minimum atomic E-state index is -0.0139. The first-order chi connectivity index (χ1) is 6.36. The molecule has 0 saturated heterocycles. The zero-order chi connectivity index (χ0) is 9.10. The van der Waals surface area contributed by atoms with Crippen molar-refractivity contribution in [3.05, 3.63) is 30.1 Å². The zero-order valence-electron chi connectivity index (χ0n) is 7.36. The first-order valence-electron chi connectivity index (χ1n) is 4.54. The van der Waals surface area contributed by atoms with Crippen LogP contribution in [0.15, 0.2) is 24.5 Å². The molecule has 0 bridgehead atoms. The van der Waals surface area contributed by atoms with Crippen LogP contribution in [0.5, 0.6) is 0 Å². The van der Waals surface area contributed by atoms with E-state index in [9.17, 15) is 4.79 Å². The number of hydrogen-bond donors (Lipinski definition) is 1. The molecule has 2 rings (SSSR count). The topological polar surface area (TPSA) is 42.0 Å². The zero-order valence-corrected chi connectivity index (χ0v) is 7.36. The average molecular weight is 176 g/mol. The molecule has 1 heterocycles. The fourth-order valence-corrected chi connectivity index (χ4v) is 1.16. The van der Waals surface area contributed by atoms with Gasteiger partial charge >= 0.3 is 0 Å². The van der Waals surface area contributed by atoms with Crippen molar-refractivity contribution in [3.8, 4) is 0 Å². The minimum Gasteiger partial charge on any atom is -0.352 e. The highest BCUT2D eigenvalue weighted by molar-refractivity contribution is 5.93. The van der Waals surface area contributed by atoms with Crippen molar-refractivity contribution < 1.29 is 4.79 Å². The number of carbonyl (C=O) groups excluding carboxylic acids is 1. The normalized spacial score (nSPS) is 15.4. The van der Waals surface area contributed by atoms with Crippen molar-refractivity contribution in [2.45, 2.75) is 12.8 Å². The highest BCUT2D eigenvalue weighted by Crippen LogP contribution is 2.27. The SMILES string of the molecule is O=C(NCC1CC1)c1cccnc1. The maximum absolute atomic E-state index is 11.4. The van der Waals surface area contributed by atoms with E-state index in [0.29, 0.717) is 5.56 Å². The van der Waals surface area contributed by atoms with Crippen LogP contribution < -0.4 is 5.32 Å². The van der Waals surface area contributed by atoms with Gasteiger partial charge in [0.05, 0.1) is 5.56 Å². The predicted molar refractivity (Wildman–Crippen MR) is 49.3 cm³/mol. The van der Waals surface area contributed by atoms with Crippen molar-refractivity contribution in [3.63, 3.8) is 0 Å². The molecule has 1 aliphatic carbocycles. The molecule has 0 atom stereocenters. The van der Waals surface area contributed by atoms with Crippen molar-refractivity contribution in [2.75, 3.05) is 6.54 Å². The van der Waals surface area contributed by atoms with Gasteiger partial charge in [-0.1, -0.05) is 0 Å². The largest absolute Gasteiger partial charge is 0.352 e. The fraction of sp³-hybridized carbons (Fsp3) is 0.400. The van der Waals surface area contributed by atoms with E-state index in [4.69, 9.17) is 0 Å². The minimum absolute atomic E-state index is 0.0139. The molecular formula is C10H12N2O. The summed E-state index contributed by atoms with van der Waals surface area (Å²) in [6, 6.07) is 3.54. The van der Waals surface area contributed by atoms with Crippen LogP contribution in [0.3, 0.4) is 0 Å². The highest BCUT2D eigenvalue weighted by Gasteiger charge is 2.21. The lowest BCUT2D eigenvalue weighted by molar-refractivity contribution is 0.0951. The molecule has 0 aromatic carbocycles. The number of nitrogens with zero attached hydrogens (tertiary/aromatic N) is 1. The Kier molecular flexibility index (Phi) is 2.25. The van der Waals surface area contributed by atoms with Crippen LogP contribution >= 0.6 is 0 Å². The Bertz CT molecular complexity index is 293. The standard InChI is InChI=1S/C10H12N2O/c13-10(12-6-8-3-4-8)9-2-1-5-11-7-9/h1-2,5,7-8H,3-4,6H2,(H,12,13). The molecule has 3 heteroatoms. The Morgan fingerprint density at radius 3 is 3.08 bits per heavy atom. The third-order valence-corrected chi connectivity index (χ3v) is 2.17.